The molecule has 0 fully saturated rings. The normalized spacial score (nSPS) is 9.90. The van der Waals surface area contributed by atoms with Crippen LogP contribution in [0.25, 0.3) is 0 Å². The molecule has 1 heterocycles. The number of nitrogens with zero attached hydrogens (tertiary/aromatic N) is 1. The van der Waals surface area contributed by atoms with Gasteiger partial charge in [0.15, 0.2) is 0 Å². The molecule has 5 nitrogen and oxygen atoms in total. The summed E-state index contributed by atoms with van der Waals surface area (Å²) < 4.78 is 10.5. The molecule has 2 aromatic rings. The van der Waals surface area contributed by atoms with Crippen LogP contribution in [0, 0.1) is 0 Å². The molecule has 1 aromatic carbocycles. The topological polar surface area (TPSA) is 69.4 Å². The average Bonchev–Trinajstić information content (AvgIpc) is 2.47. The van der Waals surface area contributed by atoms with Crippen molar-refractivity contribution >= 4 is 28.7 Å². The fraction of sp³-hybridized carbons (Fsp3) is 0.143. The van der Waals surface area contributed by atoms with Crippen molar-refractivity contribution < 1.29 is 9.47 Å². The smallest absolute Gasteiger partial charge is 0.142 e. The highest BCUT2D eigenvalue weighted by Crippen LogP contribution is 2.30. The zero-order valence-electron chi connectivity index (χ0n) is 11.2. The summed E-state index contributed by atoms with van der Waals surface area (Å²) in [6, 6.07) is 10.9. The fourth-order valence-corrected chi connectivity index (χ4v) is 1.80. The predicted molar refractivity (Wildman–Crippen MR) is 83.0 cm³/mol. The van der Waals surface area contributed by atoms with E-state index in [9.17, 15) is 0 Å². The minimum Gasteiger partial charge on any atom is -0.497 e. The molecule has 0 bridgehead atoms. The number of benzene rings is 1. The summed E-state index contributed by atoms with van der Waals surface area (Å²) in [7, 11) is 3.21. The second-order valence-electron chi connectivity index (χ2n) is 3.96. The average molecular weight is 289 g/mol. The Kier molecular flexibility index (Phi) is 4.37. The summed E-state index contributed by atoms with van der Waals surface area (Å²) in [6.07, 6.45) is 0. The number of hydrogen-bond donors (Lipinski definition) is 2. The standard InChI is InChI=1S/C14H15N3O2S/c1-18-9-6-7-12(19-2)11(8-9)17-13-5-3-4-10(16-13)14(15)20/h3-8H,1-2H3,(H2,15,20)(H,16,17). The largest absolute Gasteiger partial charge is 0.497 e. The van der Waals surface area contributed by atoms with Crippen molar-refractivity contribution in [3.8, 4) is 11.5 Å². The van der Waals surface area contributed by atoms with Crippen LogP contribution >= 0.6 is 12.2 Å². The Hall–Kier alpha value is -2.34. The molecule has 2 rings (SSSR count). The lowest BCUT2D eigenvalue weighted by molar-refractivity contribution is 0.405. The Morgan fingerprint density at radius 1 is 1.20 bits per heavy atom. The first-order valence-electron chi connectivity index (χ1n) is 5.90. The third kappa shape index (κ3) is 3.16. The second-order valence-corrected chi connectivity index (χ2v) is 4.40. The van der Waals surface area contributed by atoms with Gasteiger partial charge in [-0.1, -0.05) is 18.3 Å². The van der Waals surface area contributed by atoms with Crippen LogP contribution in [0.5, 0.6) is 11.5 Å². The third-order valence-electron chi connectivity index (χ3n) is 2.67. The first kappa shape index (κ1) is 14.1. The van der Waals surface area contributed by atoms with Gasteiger partial charge in [-0.2, -0.15) is 0 Å². The highest BCUT2D eigenvalue weighted by Gasteiger charge is 2.07. The van der Waals surface area contributed by atoms with Crippen LogP contribution in [0.2, 0.25) is 0 Å². The van der Waals surface area contributed by atoms with E-state index < -0.39 is 0 Å². The molecule has 3 N–H and O–H groups in total. The molecule has 6 heteroatoms. The Balaban J connectivity index is 2.33. The van der Waals surface area contributed by atoms with Crippen molar-refractivity contribution in [3.05, 3.63) is 42.1 Å². The van der Waals surface area contributed by atoms with Crippen molar-refractivity contribution in [2.75, 3.05) is 19.5 Å². The van der Waals surface area contributed by atoms with Crippen LogP contribution in [0.1, 0.15) is 5.69 Å². The molecule has 0 radical (unpaired) electrons. The summed E-state index contributed by atoms with van der Waals surface area (Å²) >= 11 is 4.92. The van der Waals surface area contributed by atoms with Crippen LogP contribution < -0.4 is 20.5 Å². The summed E-state index contributed by atoms with van der Waals surface area (Å²) in [5.41, 5.74) is 6.89. The minimum atomic E-state index is 0.256. The van der Waals surface area contributed by atoms with Crippen LogP contribution in [-0.4, -0.2) is 24.2 Å². The zero-order valence-corrected chi connectivity index (χ0v) is 12.0. The lowest BCUT2D eigenvalue weighted by Gasteiger charge is -2.12. The second kappa shape index (κ2) is 6.21. The number of thiocarbonyl (C=S) groups is 1. The maximum Gasteiger partial charge on any atom is 0.142 e. The monoisotopic (exact) mass is 289 g/mol. The van der Waals surface area contributed by atoms with E-state index in [1.165, 1.54) is 0 Å². The van der Waals surface area contributed by atoms with Gasteiger partial charge in [0.05, 0.1) is 25.6 Å². The molecule has 0 aliphatic carbocycles. The van der Waals surface area contributed by atoms with E-state index >= 15 is 0 Å². The number of ether oxygens (including phenoxy) is 2. The number of methoxy groups -OCH3 is 2. The molecule has 1 aromatic heterocycles. The van der Waals surface area contributed by atoms with Crippen LogP contribution in [-0.2, 0) is 0 Å². The number of nitrogens with one attached hydrogen (secondary N) is 1. The molecular weight excluding hydrogens is 274 g/mol. The lowest BCUT2D eigenvalue weighted by atomic mass is 10.2. The molecular formula is C14H15N3O2S. The molecule has 0 aliphatic heterocycles. The zero-order chi connectivity index (χ0) is 14.5. The lowest BCUT2D eigenvalue weighted by Crippen LogP contribution is -2.12. The molecule has 20 heavy (non-hydrogen) atoms. The molecule has 0 saturated carbocycles. The first-order chi connectivity index (χ1) is 9.63. The van der Waals surface area contributed by atoms with E-state index in [0.29, 0.717) is 17.3 Å². The van der Waals surface area contributed by atoms with Gasteiger partial charge in [-0.25, -0.2) is 4.98 Å². The van der Waals surface area contributed by atoms with E-state index in [0.717, 1.165) is 11.4 Å². The molecule has 0 aliphatic rings. The van der Waals surface area contributed by atoms with Gasteiger partial charge in [0.1, 0.15) is 22.3 Å². The van der Waals surface area contributed by atoms with E-state index in [-0.39, 0.29) is 4.99 Å². The maximum absolute atomic E-state index is 5.57. The summed E-state index contributed by atoms with van der Waals surface area (Å²) in [5.74, 6) is 2.04. The Bertz CT molecular complexity index is 632. The number of nitrogens with two attached hydrogens (primary N) is 1. The first-order valence-corrected chi connectivity index (χ1v) is 6.31. The molecule has 104 valence electrons. The SMILES string of the molecule is COc1ccc(OC)c(Nc2cccc(C(N)=S)n2)c1. The van der Waals surface area contributed by atoms with Gasteiger partial charge >= 0.3 is 0 Å². The quantitative estimate of drug-likeness (QED) is 0.824. The Morgan fingerprint density at radius 3 is 2.65 bits per heavy atom. The summed E-state index contributed by atoms with van der Waals surface area (Å²) in [6.45, 7) is 0. The Morgan fingerprint density at radius 2 is 2.00 bits per heavy atom. The van der Waals surface area contributed by atoms with Crippen molar-refractivity contribution in [2.45, 2.75) is 0 Å². The van der Waals surface area contributed by atoms with Crippen molar-refractivity contribution in [1.29, 1.82) is 0 Å². The van der Waals surface area contributed by atoms with Crippen molar-refractivity contribution in [1.82, 2.24) is 4.98 Å². The van der Waals surface area contributed by atoms with Crippen molar-refractivity contribution in [2.24, 2.45) is 5.73 Å². The van der Waals surface area contributed by atoms with Crippen LogP contribution in [0.15, 0.2) is 36.4 Å². The molecule has 0 unspecified atom stereocenters. The number of pyridine rings is 1. The van der Waals surface area contributed by atoms with Crippen LogP contribution in [0.4, 0.5) is 11.5 Å². The number of rotatable bonds is 5. The fourth-order valence-electron chi connectivity index (χ4n) is 1.69. The van der Waals surface area contributed by atoms with E-state index in [1.807, 2.05) is 30.3 Å². The van der Waals surface area contributed by atoms with Crippen LogP contribution in [0.3, 0.4) is 0 Å². The molecule has 0 saturated heterocycles. The number of aromatic nitrogens is 1. The van der Waals surface area contributed by atoms with Gasteiger partial charge in [-0.05, 0) is 24.3 Å². The van der Waals surface area contributed by atoms with Gasteiger partial charge in [-0.3, -0.25) is 0 Å². The van der Waals surface area contributed by atoms with Gasteiger partial charge in [0, 0.05) is 6.07 Å². The molecule has 0 atom stereocenters. The van der Waals surface area contributed by atoms with Gasteiger partial charge < -0.3 is 20.5 Å². The molecule has 0 spiro atoms. The van der Waals surface area contributed by atoms with E-state index in [4.69, 9.17) is 27.4 Å². The maximum atomic E-state index is 5.57. The van der Waals surface area contributed by atoms with Gasteiger partial charge in [0.2, 0.25) is 0 Å². The number of hydrogen-bond acceptors (Lipinski definition) is 5. The number of anilines is 2. The van der Waals surface area contributed by atoms with Gasteiger partial charge in [-0.15, -0.1) is 0 Å². The minimum absolute atomic E-state index is 0.256. The Labute approximate surface area is 122 Å². The summed E-state index contributed by atoms with van der Waals surface area (Å²) in [5, 5.41) is 3.16. The summed E-state index contributed by atoms with van der Waals surface area (Å²) in [4.78, 5) is 4.58. The highest BCUT2D eigenvalue weighted by molar-refractivity contribution is 7.80. The van der Waals surface area contributed by atoms with E-state index in [1.54, 1.807) is 20.3 Å². The van der Waals surface area contributed by atoms with Crippen molar-refractivity contribution in [3.63, 3.8) is 0 Å². The van der Waals surface area contributed by atoms with Gasteiger partial charge in [0.25, 0.3) is 0 Å². The predicted octanol–water partition coefficient (Wildman–Crippen LogP) is 2.48. The molecule has 0 amide bonds. The third-order valence-corrected chi connectivity index (χ3v) is 2.88. The highest BCUT2D eigenvalue weighted by atomic mass is 32.1. The van der Waals surface area contributed by atoms with E-state index in [2.05, 4.69) is 10.3 Å².